The standard InChI is InChI=1S/C20H20FN3O2/c1-13-4-10-16(11-5-13)22-17(25)12-24-19(26)18(23-20(24,2)3)14-6-8-15(21)9-7-14/h4-11H,12H2,1-3H3,(H,22,25). The molecule has 0 radical (unpaired) electrons. The molecule has 2 amide bonds. The van der Waals surface area contributed by atoms with Crippen molar-refractivity contribution in [2.45, 2.75) is 26.4 Å². The molecule has 5 nitrogen and oxygen atoms in total. The van der Waals surface area contributed by atoms with Crippen LogP contribution >= 0.6 is 0 Å². The predicted octanol–water partition coefficient (Wildman–Crippen LogP) is 3.14. The Labute approximate surface area is 151 Å². The van der Waals surface area contributed by atoms with E-state index in [0.29, 0.717) is 11.3 Å². The molecule has 0 saturated heterocycles. The third kappa shape index (κ3) is 3.64. The molecule has 134 valence electrons. The summed E-state index contributed by atoms with van der Waals surface area (Å²) in [4.78, 5) is 31.0. The Balaban J connectivity index is 1.74. The van der Waals surface area contributed by atoms with E-state index in [4.69, 9.17) is 0 Å². The number of amides is 2. The molecular weight excluding hydrogens is 333 g/mol. The largest absolute Gasteiger partial charge is 0.325 e. The van der Waals surface area contributed by atoms with Gasteiger partial charge in [0.2, 0.25) is 5.91 Å². The number of carbonyl (C=O) groups excluding carboxylic acids is 2. The van der Waals surface area contributed by atoms with Crippen molar-refractivity contribution in [1.82, 2.24) is 4.90 Å². The summed E-state index contributed by atoms with van der Waals surface area (Å²) < 4.78 is 13.1. The molecule has 2 aromatic rings. The molecule has 0 atom stereocenters. The normalized spacial score (nSPS) is 15.8. The highest BCUT2D eigenvalue weighted by Gasteiger charge is 2.41. The van der Waals surface area contributed by atoms with E-state index in [2.05, 4.69) is 10.3 Å². The van der Waals surface area contributed by atoms with Crippen molar-refractivity contribution in [2.24, 2.45) is 4.99 Å². The summed E-state index contributed by atoms with van der Waals surface area (Å²) in [5, 5.41) is 2.78. The first-order valence-electron chi connectivity index (χ1n) is 8.30. The Bertz CT molecular complexity index is 871. The summed E-state index contributed by atoms with van der Waals surface area (Å²) >= 11 is 0. The molecule has 1 aliphatic rings. The van der Waals surface area contributed by atoms with Crippen LogP contribution in [-0.2, 0) is 9.59 Å². The van der Waals surface area contributed by atoms with Crippen molar-refractivity contribution in [2.75, 3.05) is 11.9 Å². The van der Waals surface area contributed by atoms with Crippen molar-refractivity contribution in [3.8, 4) is 0 Å². The molecule has 26 heavy (non-hydrogen) atoms. The van der Waals surface area contributed by atoms with Crippen molar-refractivity contribution in [3.63, 3.8) is 0 Å². The Morgan fingerprint density at radius 3 is 2.35 bits per heavy atom. The number of aliphatic imine (C=N–C) groups is 1. The topological polar surface area (TPSA) is 61.8 Å². The number of nitrogens with one attached hydrogen (secondary N) is 1. The van der Waals surface area contributed by atoms with Gasteiger partial charge in [-0.15, -0.1) is 0 Å². The minimum atomic E-state index is -0.856. The second-order valence-corrected chi connectivity index (χ2v) is 6.77. The fraction of sp³-hybridized carbons (Fsp3) is 0.250. The van der Waals surface area contributed by atoms with Gasteiger partial charge in [0.1, 0.15) is 23.7 Å². The number of benzene rings is 2. The molecule has 1 heterocycles. The predicted molar refractivity (Wildman–Crippen MR) is 98.5 cm³/mol. The lowest BCUT2D eigenvalue weighted by Gasteiger charge is -2.28. The average Bonchev–Trinajstić information content (AvgIpc) is 2.81. The fourth-order valence-corrected chi connectivity index (χ4v) is 2.80. The monoisotopic (exact) mass is 353 g/mol. The lowest BCUT2D eigenvalue weighted by Crippen LogP contribution is -2.46. The van der Waals surface area contributed by atoms with E-state index in [1.807, 2.05) is 31.2 Å². The first kappa shape index (κ1) is 17.8. The van der Waals surface area contributed by atoms with E-state index in [9.17, 15) is 14.0 Å². The van der Waals surface area contributed by atoms with Crippen LogP contribution in [0.2, 0.25) is 0 Å². The molecule has 0 bridgehead atoms. The molecule has 6 heteroatoms. The van der Waals surface area contributed by atoms with Gasteiger partial charge in [-0.3, -0.25) is 14.6 Å². The fourth-order valence-electron chi connectivity index (χ4n) is 2.80. The summed E-state index contributed by atoms with van der Waals surface area (Å²) in [7, 11) is 0. The Hall–Kier alpha value is -3.02. The van der Waals surface area contributed by atoms with Crippen LogP contribution in [0.25, 0.3) is 0 Å². The van der Waals surface area contributed by atoms with Gasteiger partial charge < -0.3 is 10.2 Å². The highest BCUT2D eigenvalue weighted by atomic mass is 19.1. The van der Waals surface area contributed by atoms with E-state index in [0.717, 1.165) is 5.56 Å². The van der Waals surface area contributed by atoms with Gasteiger partial charge in [0.25, 0.3) is 5.91 Å². The Kier molecular flexibility index (Phi) is 4.59. The highest BCUT2D eigenvalue weighted by molar-refractivity contribution is 6.47. The number of aryl methyl sites for hydroxylation is 1. The lowest BCUT2D eigenvalue weighted by molar-refractivity contribution is -0.131. The summed E-state index contributed by atoms with van der Waals surface area (Å²) in [5.74, 6) is -1.03. The van der Waals surface area contributed by atoms with E-state index >= 15 is 0 Å². The second-order valence-electron chi connectivity index (χ2n) is 6.77. The van der Waals surface area contributed by atoms with Crippen molar-refractivity contribution >= 4 is 23.2 Å². The number of hydrogen-bond acceptors (Lipinski definition) is 3. The van der Waals surface area contributed by atoms with Crippen LogP contribution in [0.15, 0.2) is 53.5 Å². The van der Waals surface area contributed by atoms with Crippen molar-refractivity contribution < 1.29 is 14.0 Å². The van der Waals surface area contributed by atoms with E-state index in [1.54, 1.807) is 13.8 Å². The number of nitrogens with zero attached hydrogens (tertiary/aromatic N) is 2. The molecule has 1 N–H and O–H groups in total. The summed E-state index contributed by atoms with van der Waals surface area (Å²) in [5.41, 5.74) is 1.68. The van der Waals surface area contributed by atoms with Gasteiger partial charge in [-0.25, -0.2) is 4.39 Å². The van der Waals surface area contributed by atoms with Gasteiger partial charge in [0, 0.05) is 11.3 Å². The van der Waals surface area contributed by atoms with Crippen LogP contribution in [0.4, 0.5) is 10.1 Å². The maximum absolute atomic E-state index is 13.1. The third-order valence-electron chi connectivity index (χ3n) is 4.25. The van der Waals surface area contributed by atoms with E-state index < -0.39 is 5.66 Å². The van der Waals surface area contributed by atoms with Gasteiger partial charge in [-0.2, -0.15) is 0 Å². The van der Waals surface area contributed by atoms with Gasteiger partial charge in [0.15, 0.2) is 0 Å². The number of rotatable bonds is 4. The zero-order valence-corrected chi connectivity index (χ0v) is 14.9. The van der Waals surface area contributed by atoms with Gasteiger partial charge in [-0.05, 0) is 57.2 Å². The zero-order chi connectivity index (χ0) is 18.9. The summed E-state index contributed by atoms with van der Waals surface area (Å²) in [6.07, 6.45) is 0. The summed E-state index contributed by atoms with van der Waals surface area (Å²) in [6, 6.07) is 13.0. The van der Waals surface area contributed by atoms with Crippen molar-refractivity contribution in [3.05, 3.63) is 65.5 Å². The van der Waals surface area contributed by atoms with Crippen molar-refractivity contribution in [1.29, 1.82) is 0 Å². The molecule has 2 aromatic carbocycles. The smallest absolute Gasteiger partial charge is 0.275 e. The quantitative estimate of drug-likeness (QED) is 0.918. The zero-order valence-electron chi connectivity index (χ0n) is 14.9. The molecule has 0 unspecified atom stereocenters. The minimum absolute atomic E-state index is 0.117. The first-order valence-corrected chi connectivity index (χ1v) is 8.30. The number of carbonyl (C=O) groups is 2. The van der Waals surface area contributed by atoms with Gasteiger partial charge in [0.05, 0.1) is 0 Å². The van der Waals surface area contributed by atoms with Crippen LogP contribution in [0.3, 0.4) is 0 Å². The average molecular weight is 353 g/mol. The highest BCUT2D eigenvalue weighted by Crippen LogP contribution is 2.26. The molecule has 3 rings (SSSR count). The molecule has 0 spiro atoms. The maximum atomic E-state index is 13.1. The van der Waals surface area contributed by atoms with E-state index in [1.165, 1.54) is 29.2 Å². The lowest BCUT2D eigenvalue weighted by atomic mass is 10.1. The van der Waals surface area contributed by atoms with Crippen LogP contribution in [0.5, 0.6) is 0 Å². The molecule has 0 fully saturated rings. The summed E-state index contributed by atoms with van der Waals surface area (Å²) in [6.45, 7) is 5.38. The van der Waals surface area contributed by atoms with Crippen LogP contribution in [0.1, 0.15) is 25.0 Å². The Morgan fingerprint density at radius 2 is 1.73 bits per heavy atom. The molecule has 0 aliphatic carbocycles. The van der Waals surface area contributed by atoms with Crippen LogP contribution < -0.4 is 5.32 Å². The van der Waals surface area contributed by atoms with Gasteiger partial charge >= 0.3 is 0 Å². The van der Waals surface area contributed by atoms with E-state index in [-0.39, 0.29) is 29.9 Å². The molecule has 0 aromatic heterocycles. The maximum Gasteiger partial charge on any atom is 0.275 e. The first-order chi connectivity index (χ1) is 12.3. The molecular formula is C20H20FN3O2. The number of hydrogen-bond donors (Lipinski definition) is 1. The third-order valence-corrected chi connectivity index (χ3v) is 4.25. The second kappa shape index (κ2) is 6.71. The molecule has 0 saturated carbocycles. The minimum Gasteiger partial charge on any atom is -0.325 e. The SMILES string of the molecule is Cc1ccc(NC(=O)CN2C(=O)C(c3ccc(F)cc3)=NC2(C)C)cc1. The molecule has 1 aliphatic heterocycles. The Morgan fingerprint density at radius 1 is 1.12 bits per heavy atom. The number of anilines is 1. The van der Waals surface area contributed by atoms with Crippen LogP contribution in [0, 0.1) is 12.7 Å². The van der Waals surface area contributed by atoms with Gasteiger partial charge in [-0.1, -0.05) is 17.7 Å². The van der Waals surface area contributed by atoms with Crippen LogP contribution in [-0.4, -0.2) is 34.6 Å². The number of halogens is 1.